The van der Waals surface area contributed by atoms with Crippen LogP contribution in [0.15, 0.2) is 18.2 Å². The third-order valence-corrected chi connectivity index (χ3v) is 3.65. The number of amides is 1. The molecule has 1 saturated heterocycles. The number of rotatable bonds is 3. The van der Waals surface area contributed by atoms with Crippen molar-refractivity contribution in [2.75, 3.05) is 16.9 Å². The number of aryl methyl sites for hydroxylation is 1. The molecule has 1 unspecified atom stereocenters. The third kappa shape index (κ3) is 2.80. The zero-order valence-corrected chi connectivity index (χ0v) is 10.6. The van der Waals surface area contributed by atoms with E-state index in [4.69, 9.17) is 0 Å². The Bertz CT molecular complexity index is 486. The third-order valence-electron chi connectivity index (χ3n) is 2.71. The van der Waals surface area contributed by atoms with Gasteiger partial charge in [0.1, 0.15) is 0 Å². The number of anilines is 1. The molecule has 18 heavy (non-hydrogen) atoms. The highest BCUT2D eigenvalue weighted by atomic mass is 32.2. The molecule has 0 aromatic heterocycles. The molecular formula is C11H13N3O3S. The first-order valence-corrected chi connectivity index (χ1v) is 6.60. The molecule has 0 bridgehead atoms. The number of nitro groups is 1. The van der Waals surface area contributed by atoms with E-state index in [2.05, 4.69) is 10.6 Å². The minimum absolute atomic E-state index is 0.0278. The molecule has 1 fully saturated rings. The van der Waals surface area contributed by atoms with E-state index in [-0.39, 0.29) is 17.6 Å². The van der Waals surface area contributed by atoms with Crippen LogP contribution in [0.2, 0.25) is 0 Å². The van der Waals surface area contributed by atoms with Gasteiger partial charge in [0.15, 0.2) is 0 Å². The quantitative estimate of drug-likeness (QED) is 0.640. The minimum atomic E-state index is -0.451. The topological polar surface area (TPSA) is 84.3 Å². The van der Waals surface area contributed by atoms with Crippen molar-refractivity contribution in [2.24, 2.45) is 0 Å². The van der Waals surface area contributed by atoms with E-state index in [1.807, 2.05) is 0 Å². The molecule has 1 heterocycles. The van der Waals surface area contributed by atoms with E-state index >= 15 is 0 Å². The fraction of sp³-hybridized carbons (Fsp3) is 0.364. The standard InChI is InChI=1S/C11H13N3O3S/c1-7-4-8(14(16)17)2-3-9(7)13-11(15)10-5-18-6-12-10/h2-4,10,12H,5-6H2,1H3,(H,13,15). The average molecular weight is 267 g/mol. The van der Waals surface area contributed by atoms with Gasteiger partial charge in [-0.3, -0.25) is 20.2 Å². The van der Waals surface area contributed by atoms with Gasteiger partial charge in [-0.15, -0.1) is 11.8 Å². The number of nitro benzene ring substituents is 1. The summed E-state index contributed by atoms with van der Waals surface area (Å²) in [5, 5.41) is 16.5. The van der Waals surface area contributed by atoms with E-state index < -0.39 is 4.92 Å². The smallest absolute Gasteiger partial charge is 0.269 e. The number of nitrogens with zero attached hydrogens (tertiary/aromatic N) is 1. The summed E-state index contributed by atoms with van der Waals surface area (Å²) in [5.41, 5.74) is 1.33. The lowest BCUT2D eigenvalue weighted by molar-refractivity contribution is -0.384. The van der Waals surface area contributed by atoms with E-state index in [1.165, 1.54) is 12.1 Å². The summed E-state index contributed by atoms with van der Waals surface area (Å²) in [5.74, 6) is 1.42. The van der Waals surface area contributed by atoms with Crippen molar-refractivity contribution in [1.82, 2.24) is 5.32 Å². The molecule has 0 saturated carbocycles. The molecular weight excluding hydrogens is 254 g/mol. The molecule has 0 aliphatic carbocycles. The van der Waals surface area contributed by atoms with Crippen molar-refractivity contribution in [1.29, 1.82) is 0 Å². The molecule has 1 aromatic rings. The van der Waals surface area contributed by atoms with Crippen LogP contribution in [0.3, 0.4) is 0 Å². The van der Waals surface area contributed by atoms with Gasteiger partial charge in [-0.05, 0) is 18.6 Å². The highest BCUT2D eigenvalue weighted by Gasteiger charge is 2.23. The Morgan fingerprint density at radius 2 is 2.39 bits per heavy atom. The maximum Gasteiger partial charge on any atom is 0.269 e. The summed E-state index contributed by atoms with van der Waals surface area (Å²) in [6, 6.07) is 4.21. The zero-order valence-electron chi connectivity index (χ0n) is 9.80. The molecule has 1 atom stereocenters. The molecule has 1 aromatic carbocycles. The Morgan fingerprint density at radius 1 is 1.61 bits per heavy atom. The predicted molar refractivity (Wildman–Crippen MR) is 70.7 cm³/mol. The molecule has 6 nitrogen and oxygen atoms in total. The molecule has 7 heteroatoms. The van der Waals surface area contributed by atoms with Gasteiger partial charge in [-0.1, -0.05) is 0 Å². The van der Waals surface area contributed by atoms with Crippen molar-refractivity contribution in [3.63, 3.8) is 0 Å². The fourth-order valence-electron chi connectivity index (χ4n) is 1.69. The van der Waals surface area contributed by atoms with Gasteiger partial charge >= 0.3 is 0 Å². The Balaban J connectivity index is 2.09. The van der Waals surface area contributed by atoms with E-state index in [0.717, 1.165) is 11.6 Å². The molecule has 2 rings (SSSR count). The number of carbonyl (C=O) groups excluding carboxylic acids is 1. The van der Waals surface area contributed by atoms with Gasteiger partial charge in [0, 0.05) is 29.4 Å². The second-order valence-corrected chi connectivity index (χ2v) is 5.05. The minimum Gasteiger partial charge on any atom is -0.324 e. The Morgan fingerprint density at radius 3 is 2.94 bits per heavy atom. The first kappa shape index (κ1) is 12.8. The number of nitrogens with one attached hydrogen (secondary N) is 2. The normalized spacial score (nSPS) is 18.6. The number of benzene rings is 1. The van der Waals surface area contributed by atoms with Gasteiger partial charge < -0.3 is 5.32 Å². The molecule has 2 N–H and O–H groups in total. The number of hydrogen-bond donors (Lipinski definition) is 2. The van der Waals surface area contributed by atoms with Crippen molar-refractivity contribution in [3.8, 4) is 0 Å². The van der Waals surface area contributed by atoms with Crippen LogP contribution >= 0.6 is 11.8 Å². The number of non-ortho nitro benzene ring substituents is 1. The van der Waals surface area contributed by atoms with E-state index in [0.29, 0.717) is 11.3 Å². The summed E-state index contributed by atoms with van der Waals surface area (Å²) in [7, 11) is 0. The van der Waals surface area contributed by atoms with Crippen LogP contribution in [0.25, 0.3) is 0 Å². The second kappa shape index (κ2) is 5.36. The Labute approximate surface area is 108 Å². The lowest BCUT2D eigenvalue weighted by Gasteiger charge is -2.12. The van der Waals surface area contributed by atoms with Gasteiger partial charge in [0.25, 0.3) is 5.69 Å². The van der Waals surface area contributed by atoms with E-state index in [1.54, 1.807) is 24.8 Å². The maximum absolute atomic E-state index is 11.9. The van der Waals surface area contributed by atoms with Crippen LogP contribution in [0.1, 0.15) is 5.56 Å². The molecule has 1 aliphatic heterocycles. The number of carbonyl (C=O) groups is 1. The van der Waals surface area contributed by atoms with Gasteiger partial charge in [-0.2, -0.15) is 0 Å². The number of hydrogen-bond acceptors (Lipinski definition) is 5. The lowest BCUT2D eigenvalue weighted by Crippen LogP contribution is -2.37. The highest BCUT2D eigenvalue weighted by molar-refractivity contribution is 7.99. The largest absolute Gasteiger partial charge is 0.324 e. The van der Waals surface area contributed by atoms with Crippen molar-refractivity contribution in [3.05, 3.63) is 33.9 Å². The van der Waals surface area contributed by atoms with Gasteiger partial charge in [0.05, 0.1) is 11.0 Å². The molecule has 1 aliphatic rings. The first-order valence-electron chi connectivity index (χ1n) is 5.45. The zero-order chi connectivity index (χ0) is 13.1. The molecule has 1 amide bonds. The molecule has 0 spiro atoms. The summed E-state index contributed by atoms with van der Waals surface area (Å²) < 4.78 is 0. The van der Waals surface area contributed by atoms with Gasteiger partial charge in [-0.25, -0.2) is 0 Å². The average Bonchev–Trinajstić information content (AvgIpc) is 2.85. The Hall–Kier alpha value is -1.60. The van der Waals surface area contributed by atoms with Gasteiger partial charge in [0.2, 0.25) is 5.91 Å². The fourth-order valence-corrected chi connectivity index (χ4v) is 2.63. The number of thioether (sulfide) groups is 1. The van der Waals surface area contributed by atoms with Crippen molar-refractivity contribution in [2.45, 2.75) is 13.0 Å². The van der Waals surface area contributed by atoms with Crippen LogP contribution in [-0.2, 0) is 4.79 Å². The van der Waals surface area contributed by atoms with Crippen molar-refractivity contribution >= 4 is 29.0 Å². The van der Waals surface area contributed by atoms with E-state index in [9.17, 15) is 14.9 Å². The molecule has 0 radical (unpaired) electrons. The predicted octanol–water partition coefficient (Wildman–Crippen LogP) is 1.50. The lowest BCUT2D eigenvalue weighted by atomic mass is 10.1. The van der Waals surface area contributed by atoms with Crippen LogP contribution < -0.4 is 10.6 Å². The van der Waals surface area contributed by atoms with Crippen LogP contribution in [0.5, 0.6) is 0 Å². The monoisotopic (exact) mass is 267 g/mol. The Kier molecular flexibility index (Phi) is 3.83. The SMILES string of the molecule is Cc1cc([N+](=O)[O-])ccc1NC(=O)C1CSCN1. The van der Waals surface area contributed by atoms with Crippen molar-refractivity contribution < 1.29 is 9.72 Å². The van der Waals surface area contributed by atoms with Crippen LogP contribution in [0, 0.1) is 17.0 Å². The highest BCUT2D eigenvalue weighted by Crippen LogP contribution is 2.22. The van der Waals surface area contributed by atoms with Crippen LogP contribution in [0.4, 0.5) is 11.4 Å². The molecule has 96 valence electrons. The first-order chi connectivity index (χ1) is 8.58. The summed E-state index contributed by atoms with van der Waals surface area (Å²) in [6.45, 7) is 1.74. The maximum atomic E-state index is 11.9. The summed E-state index contributed by atoms with van der Waals surface area (Å²) in [6.07, 6.45) is 0. The second-order valence-electron chi connectivity index (χ2n) is 4.02. The van der Waals surface area contributed by atoms with Crippen LogP contribution in [-0.4, -0.2) is 28.5 Å². The summed E-state index contributed by atoms with van der Waals surface area (Å²) >= 11 is 1.67. The summed E-state index contributed by atoms with van der Waals surface area (Å²) in [4.78, 5) is 22.0.